The van der Waals surface area contributed by atoms with E-state index < -0.39 is 0 Å². The van der Waals surface area contributed by atoms with E-state index in [-0.39, 0.29) is 5.60 Å². The van der Waals surface area contributed by atoms with E-state index in [2.05, 4.69) is 31.1 Å². The Morgan fingerprint density at radius 2 is 2.12 bits per heavy atom. The SMILES string of the molecule is CNC1CCCN(C2CCOC(C)(C)C2)C1. The van der Waals surface area contributed by atoms with Gasteiger partial charge in [0.15, 0.2) is 0 Å². The lowest BCUT2D eigenvalue weighted by molar-refractivity contribution is -0.0865. The van der Waals surface area contributed by atoms with Crippen LogP contribution >= 0.6 is 0 Å². The Morgan fingerprint density at radius 3 is 2.81 bits per heavy atom. The van der Waals surface area contributed by atoms with E-state index in [1.54, 1.807) is 0 Å². The molecule has 0 aliphatic carbocycles. The van der Waals surface area contributed by atoms with Crippen LogP contribution in [0.25, 0.3) is 0 Å². The molecule has 0 radical (unpaired) electrons. The van der Waals surface area contributed by atoms with Crippen molar-refractivity contribution in [2.75, 3.05) is 26.7 Å². The number of ether oxygens (including phenoxy) is 1. The lowest BCUT2D eigenvalue weighted by Crippen LogP contribution is -2.52. The van der Waals surface area contributed by atoms with E-state index in [0.717, 1.165) is 12.6 Å². The molecule has 2 aliphatic rings. The van der Waals surface area contributed by atoms with Crippen LogP contribution in [0.1, 0.15) is 39.5 Å². The van der Waals surface area contributed by atoms with Crippen molar-refractivity contribution in [1.82, 2.24) is 10.2 Å². The van der Waals surface area contributed by atoms with E-state index in [1.165, 1.54) is 38.8 Å². The van der Waals surface area contributed by atoms with Crippen LogP contribution in [0, 0.1) is 0 Å². The summed E-state index contributed by atoms with van der Waals surface area (Å²) in [6, 6.07) is 1.43. The molecule has 2 aliphatic heterocycles. The summed E-state index contributed by atoms with van der Waals surface area (Å²) in [6.07, 6.45) is 5.06. The third kappa shape index (κ3) is 2.96. The van der Waals surface area contributed by atoms with Gasteiger partial charge in [-0.05, 0) is 53.1 Å². The third-order valence-corrected chi connectivity index (χ3v) is 4.05. The molecule has 0 amide bonds. The normalized spacial score (nSPS) is 36.2. The zero-order valence-corrected chi connectivity index (χ0v) is 11.0. The second-order valence-corrected chi connectivity index (χ2v) is 5.88. The lowest BCUT2D eigenvalue weighted by Gasteiger charge is -2.44. The van der Waals surface area contributed by atoms with Gasteiger partial charge in [-0.3, -0.25) is 4.90 Å². The molecule has 2 atom stereocenters. The number of hydrogen-bond donors (Lipinski definition) is 1. The Balaban J connectivity index is 1.91. The van der Waals surface area contributed by atoms with Gasteiger partial charge in [-0.2, -0.15) is 0 Å². The maximum atomic E-state index is 5.80. The third-order valence-electron chi connectivity index (χ3n) is 4.05. The highest BCUT2D eigenvalue weighted by Gasteiger charge is 2.33. The molecule has 0 saturated carbocycles. The number of hydrogen-bond acceptors (Lipinski definition) is 3. The van der Waals surface area contributed by atoms with Crippen LogP contribution in [0.15, 0.2) is 0 Å². The van der Waals surface area contributed by atoms with E-state index in [9.17, 15) is 0 Å². The molecule has 94 valence electrons. The second-order valence-electron chi connectivity index (χ2n) is 5.88. The van der Waals surface area contributed by atoms with Gasteiger partial charge in [0, 0.05) is 25.2 Å². The number of likely N-dealkylation sites (N-methyl/N-ethyl adjacent to an activating group) is 1. The Morgan fingerprint density at radius 1 is 1.31 bits per heavy atom. The van der Waals surface area contributed by atoms with Crippen LogP contribution < -0.4 is 5.32 Å². The predicted octanol–water partition coefficient (Wildman–Crippen LogP) is 1.63. The summed E-state index contributed by atoms with van der Waals surface area (Å²) in [7, 11) is 2.09. The number of likely N-dealkylation sites (tertiary alicyclic amines) is 1. The first-order valence-electron chi connectivity index (χ1n) is 6.66. The Kier molecular flexibility index (Phi) is 3.88. The molecule has 2 fully saturated rings. The molecule has 0 spiro atoms. The van der Waals surface area contributed by atoms with Gasteiger partial charge in [-0.15, -0.1) is 0 Å². The van der Waals surface area contributed by atoms with Crippen LogP contribution in [0.2, 0.25) is 0 Å². The van der Waals surface area contributed by atoms with Gasteiger partial charge in [0.2, 0.25) is 0 Å². The summed E-state index contributed by atoms with van der Waals surface area (Å²) >= 11 is 0. The number of nitrogens with zero attached hydrogens (tertiary/aromatic N) is 1. The Hall–Kier alpha value is -0.120. The first-order chi connectivity index (χ1) is 7.61. The van der Waals surface area contributed by atoms with Crippen LogP contribution in [-0.4, -0.2) is 49.3 Å². The van der Waals surface area contributed by atoms with E-state index in [1.807, 2.05) is 0 Å². The Labute approximate surface area is 99.5 Å². The van der Waals surface area contributed by atoms with Crippen molar-refractivity contribution in [1.29, 1.82) is 0 Å². The van der Waals surface area contributed by atoms with Crippen molar-refractivity contribution in [3.05, 3.63) is 0 Å². The molecular weight excluding hydrogens is 200 g/mol. The molecule has 0 aromatic carbocycles. The summed E-state index contributed by atoms with van der Waals surface area (Å²) < 4.78 is 5.80. The summed E-state index contributed by atoms with van der Waals surface area (Å²) in [5.41, 5.74) is 0.0789. The summed E-state index contributed by atoms with van der Waals surface area (Å²) in [5, 5.41) is 3.42. The molecule has 16 heavy (non-hydrogen) atoms. The minimum Gasteiger partial charge on any atom is -0.375 e. The number of rotatable bonds is 2. The van der Waals surface area contributed by atoms with Crippen LogP contribution in [0.4, 0.5) is 0 Å². The summed E-state index contributed by atoms with van der Waals surface area (Å²) in [6.45, 7) is 7.87. The van der Waals surface area contributed by atoms with Gasteiger partial charge in [0.1, 0.15) is 0 Å². The molecule has 2 unspecified atom stereocenters. The highest BCUT2D eigenvalue weighted by atomic mass is 16.5. The predicted molar refractivity (Wildman–Crippen MR) is 66.7 cm³/mol. The van der Waals surface area contributed by atoms with Gasteiger partial charge in [-0.1, -0.05) is 0 Å². The molecule has 0 aromatic heterocycles. The van der Waals surface area contributed by atoms with Gasteiger partial charge in [-0.25, -0.2) is 0 Å². The van der Waals surface area contributed by atoms with Crippen molar-refractivity contribution in [2.24, 2.45) is 0 Å². The maximum absolute atomic E-state index is 5.80. The molecule has 2 heterocycles. The maximum Gasteiger partial charge on any atom is 0.0641 e. The first-order valence-corrected chi connectivity index (χ1v) is 6.66. The molecule has 2 saturated heterocycles. The summed E-state index contributed by atoms with van der Waals surface area (Å²) in [5.74, 6) is 0. The fourth-order valence-corrected chi connectivity index (χ4v) is 3.09. The van der Waals surface area contributed by atoms with Crippen LogP contribution in [-0.2, 0) is 4.74 Å². The molecular formula is C13H26N2O. The fraction of sp³-hybridized carbons (Fsp3) is 1.00. The standard InChI is InChI=1S/C13H26N2O/c1-13(2)9-12(6-8-16-13)15-7-4-5-11(10-15)14-3/h11-12,14H,4-10H2,1-3H3. The fourth-order valence-electron chi connectivity index (χ4n) is 3.09. The average Bonchev–Trinajstić information content (AvgIpc) is 2.28. The molecule has 0 aromatic rings. The number of piperidine rings is 1. The van der Waals surface area contributed by atoms with E-state index in [4.69, 9.17) is 4.74 Å². The smallest absolute Gasteiger partial charge is 0.0641 e. The average molecular weight is 226 g/mol. The minimum atomic E-state index is 0.0789. The van der Waals surface area contributed by atoms with Gasteiger partial charge in [0.05, 0.1) is 5.60 Å². The van der Waals surface area contributed by atoms with Crippen molar-refractivity contribution < 1.29 is 4.74 Å². The number of nitrogens with one attached hydrogen (secondary N) is 1. The lowest BCUT2D eigenvalue weighted by atomic mass is 9.91. The van der Waals surface area contributed by atoms with E-state index in [0.29, 0.717) is 6.04 Å². The van der Waals surface area contributed by atoms with Crippen molar-refractivity contribution >= 4 is 0 Å². The van der Waals surface area contributed by atoms with Gasteiger partial charge in [0.25, 0.3) is 0 Å². The van der Waals surface area contributed by atoms with Crippen molar-refractivity contribution in [2.45, 2.75) is 57.2 Å². The van der Waals surface area contributed by atoms with Gasteiger partial charge >= 0.3 is 0 Å². The van der Waals surface area contributed by atoms with Crippen LogP contribution in [0.5, 0.6) is 0 Å². The topological polar surface area (TPSA) is 24.5 Å². The monoisotopic (exact) mass is 226 g/mol. The zero-order valence-electron chi connectivity index (χ0n) is 11.0. The highest BCUT2D eigenvalue weighted by Crippen LogP contribution is 2.28. The van der Waals surface area contributed by atoms with Crippen molar-refractivity contribution in [3.63, 3.8) is 0 Å². The summed E-state index contributed by atoms with van der Waals surface area (Å²) in [4.78, 5) is 2.68. The quantitative estimate of drug-likeness (QED) is 0.774. The van der Waals surface area contributed by atoms with Gasteiger partial charge < -0.3 is 10.1 Å². The molecule has 3 heteroatoms. The zero-order chi connectivity index (χ0) is 11.6. The minimum absolute atomic E-state index is 0.0789. The second kappa shape index (κ2) is 5.03. The largest absolute Gasteiger partial charge is 0.375 e. The Bertz CT molecular complexity index is 230. The molecule has 3 nitrogen and oxygen atoms in total. The molecule has 2 rings (SSSR count). The highest BCUT2D eigenvalue weighted by molar-refractivity contribution is 4.88. The van der Waals surface area contributed by atoms with Crippen molar-refractivity contribution in [3.8, 4) is 0 Å². The molecule has 1 N–H and O–H groups in total. The molecule has 0 bridgehead atoms. The van der Waals surface area contributed by atoms with E-state index >= 15 is 0 Å². The van der Waals surface area contributed by atoms with Crippen LogP contribution in [0.3, 0.4) is 0 Å². The first kappa shape index (κ1) is 12.3.